The van der Waals surface area contributed by atoms with Gasteiger partial charge in [-0.25, -0.2) is 4.79 Å². The number of aliphatic imine (C=N–C) groups is 1. The molecule has 3 amide bonds. The number of carbonyl (C=O) groups is 2. The fraction of sp³-hybridized carbons (Fsp3) is 0.286. The van der Waals surface area contributed by atoms with Crippen molar-refractivity contribution in [1.29, 1.82) is 0 Å². The summed E-state index contributed by atoms with van der Waals surface area (Å²) in [4.78, 5) is 25.1. The number of rotatable bonds is 0. The van der Waals surface area contributed by atoms with Gasteiger partial charge in [-0.1, -0.05) is 5.57 Å². The highest BCUT2D eigenvalue weighted by molar-refractivity contribution is 6.28. The smallest absolute Gasteiger partial charge is 0.349 e. The van der Waals surface area contributed by atoms with Crippen LogP contribution in [0.3, 0.4) is 0 Å². The minimum absolute atomic E-state index is 0.0104. The fourth-order valence-corrected chi connectivity index (χ4v) is 0.952. The van der Waals surface area contributed by atoms with E-state index in [0.29, 0.717) is 0 Å². The number of carbonyl (C=O) groups excluding carboxylic acids is 2. The van der Waals surface area contributed by atoms with Gasteiger partial charge in [0.25, 0.3) is 5.91 Å². The molecule has 64 valence electrons. The van der Waals surface area contributed by atoms with Crippen LogP contribution in [0.15, 0.2) is 16.1 Å². The number of allylic oxidation sites excluding steroid dienone is 1. The summed E-state index contributed by atoms with van der Waals surface area (Å²) >= 11 is 0. The Kier molecular flexibility index (Phi) is 1.95. The van der Waals surface area contributed by atoms with Crippen molar-refractivity contribution in [2.24, 2.45) is 10.7 Å². The van der Waals surface area contributed by atoms with Crippen molar-refractivity contribution in [3.8, 4) is 0 Å². The van der Waals surface area contributed by atoms with Crippen LogP contribution < -0.4 is 11.1 Å². The molecule has 0 aromatic rings. The van der Waals surface area contributed by atoms with E-state index in [4.69, 9.17) is 5.73 Å². The second-order valence-corrected chi connectivity index (χ2v) is 2.63. The van der Waals surface area contributed by atoms with Gasteiger partial charge in [0.1, 0.15) is 5.84 Å². The molecule has 1 heterocycles. The molecule has 12 heavy (non-hydrogen) atoms. The molecule has 0 unspecified atom stereocenters. The number of hydrogen-bond donors (Lipinski definition) is 2. The molecular formula is C7H9N3O2. The van der Waals surface area contributed by atoms with E-state index in [-0.39, 0.29) is 11.4 Å². The van der Waals surface area contributed by atoms with Gasteiger partial charge in [-0.15, -0.1) is 0 Å². The maximum Gasteiger partial charge on any atom is 0.349 e. The molecule has 0 fully saturated rings. The Morgan fingerprint density at radius 1 is 1.42 bits per heavy atom. The van der Waals surface area contributed by atoms with Gasteiger partial charge in [0.15, 0.2) is 0 Å². The third kappa shape index (κ3) is 1.34. The molecule has 1 rings (SSSR count). The van der Waals surface area contributed by atoms with Gasteiger partial charge in [-0.05, 0) is 13.8 Å². The van der Waals surface area contributed by atoms with Crippen LogP contribution in [-0.4, -0.2) is 17.8 Å². The van der Waals surface area contributed by atoms with Crippen molar-refractivity contribution < 1.29 is 9.59 Å². The molecule has 0 radical (unpaired) electrons. The molecular weight excluding hydrogens is 158 g/mol. The number of amides is 3. The largest absolute Gasteiger partial charge is 0.383 e. The van der Waals surface area contributed by atoms with Crippen LogP contribution in [0.5, 0.6) is 0 Å². The average molecular weight is 167 g/mol. The summed E-state index contributed by atoms with van der Waals surface area (Å²) in [5.74, 6) is -0.490. The normalized spacial score (nSPS) is 17.2. The Bertz CT molecular complexity index is 311. The van der Waals surface area contributed by atoms with Gasteiger partial charge in [-0.3, -0.25) is 10.1 Å². The van der Waals surface area contributed by atoms with E-state index in [9.17, 15) is 9.59 Å². The zero-order valence-corrected chi connectivity index (χ0v) is 6.84. The number of urea groups is 1. The minimum atomic E-state index is -0.706. The number of nitrogens with one attached hydrogen (secondary N) is 1. The molecule has 0 aromatic heterocycles. The lowest BCUT2D eigenvalue weighted by Crippen LogP contribution is -2.40. The lowest BCUT2D eigenvalue weighted by atomic mass is 10.1. The van der Waals surface area contributed by atoms with Crippen LogP contribution in [0.2, 0.25) is 0 Å². The van der Waals surface area contributed by atoms with Crippen molar-refractivity contribution in [1.82, 2.24) is 5.32 Å². The van der Waals surface area contributed by atoms with Gasteiger partial charge in [0.05, 0.1) is 5.57 Å². The summed E-state index contributed by atoms with van der Waals surface area (Å²) < 4.78 is 0. The van der Waals surface area contributed by atoms with Crippen molar-refractivity contribution in [3.05, 3.63) is 11.1 Å². The molecule has 0 atom stereocenters. The first-order valence-corrected chi connectivity index (χ1v) is 3.39. The highest BCUT2D eigenvalue weighted by Crippen LogP contribution is 2.07. The molecule has 1 aliphatic rings. The molecule has 5 nitrogen and oxygen atoms in total. The molecule has 3 N–H and O–H groups in total. The summed E-state index contributed by atoms with van der Waals surface area (Å²) in [6, 6.07) is -0.706. The maximum absolute atomic E-state index is 11.1. The Hall–Kier alpha value is -1.65. The van der Waals surface area contributed by atoms with E-state index in [1.165, 1.54) is 0 Å². The van der Waals surface area contributed by atoms with Crippen LogP contribution in [0, 0.1) is 0 Å². The number of nitrogens with zero attached hydrogens (tertiary/aromatic N) is 1. The Labute approximate surface area is 69.3 Å². The van der Waals surface area contributed by atoms with Gasteiger partial charge in [-0.2, -0.15) is 4.99 Å². The van der Waals surface area contributed by atoms with E-state index in [1.807, 2.05) is 5.32 Å². The second kappa shape index (κ2) is 2.77. The third-order valence-electron chi connectivity index (χ3n) is 1.43. The molecule has 0 bridgehead atoms. The van der Waals surface area contributed by atoms with Gasteiger partial charge >= 0.3 is 6.03 Å². The molecule has 1 aliphatic heterocycles. The van der Waals surface area contributed by atoms with Gasteiger partial charge < -0.3 is 5.73 Å². The Balaban J connectivity index is 3.20. The summed E-state index contributed by atoms with van der Waals surface area (Å²) in [5.41, 5.74) is 6.40. The quantitative estimate of drug-likeness (QED) is 0.495. The first-order valence-electron chi connectivity index (χ1n) is 3.39. The molecule has 0 spiro atoms. The number of hydrogen-bond acceptors (Lipinski definition) is 3. The third-order valence-corrected chi connectivity index (χ3v) is 1.43. The number of amidine groups is 1. The predicted octanol–water partition coefficient (Wildman–Crippen LogP) is -0.0702. The fourth-order valence-electron chi connectivity index (χ4n) is 0.952. The number of nitrogens with two attached hydrogens (primary N) is 1. The van der Waals surface area contributed by atoms with E-state index in [2.05, 4.69) is 4.99 Å². The summed E-state index contributed by atoms with van der Waals surface area (Å²) in [6.45, 7) is 3.46. The van der Waals surface area contributed by atoms with Crippen LogP contribution in [0.4, 0.5) is 4.79 Å². The average Bonchev–Trinajstić information content (AvgIpc) is 1.82. The zero-order valence-electron chi connectivity index (χ0n) is 6.84. The summed E-state index contributed by atoms with van der Waals surface area (Å²) in [7, 11) is 0. The van der Waals surface area contributed by atoms with Crippen molar-refractivity contribution in [2.75, 3.05) is 0 Å². The van der Waals surface area contributed by atoms with Crippen molar-refractivity contribution in [2.45, 2.75) is 13.8 Å². The van der Waals surface area contributed by atoms with E-state index in [1.54, 1.807) is 13.8 Å². The standard InChI is InChI=1S/C7H9N3O2/c1-3(2)4-5(8)9-7(12)10-6(4)11/h1-2H3,(H3,8,9,10,11,12). The molecule has 0 saturated carbocycles. The highest BCUT2D eigenvalue weighted by Gasteiger charge is 2.22. The van der Waals surface area contributed by atoms with E-state index in [0.717, 1.165) is 5.57 Å². The lowest BCUT2D eigenvalue weighted by molar-refractivity contribution is -0.116. The number of imide groups is 1. The second-order valence-electron chi connectivity index (χ2n) is 2.63. The van der Waals surface area contributed by atoms with Gasteiger partial charge in [0.2, 0.25) is 0 Å². The molecule has 5 heteroatoms. The highest BCUT2D eigenvalue weighted by atomic mass is 16.2. The minimum Gasteiger partial charge on any atom is -0.383 e. The Morgan fingerprint density at radius 2 is 2.00 bits per heavy atom. The Morgan fingerprint density at radius 3 is 2.42 bits per heavy atom. The predicted molar refractivity (Wildman–Crippen MR) is 43.5 cm³/mol. The van der Waals surface area contributed by atoms with Crippen LogP contribution in [0.25, 0.3) is 0 Å². The first kappa shape index (κ1) is 8.45. The van der Waals surface area contributed by atoms with E-state index < -0.39 is 11.9 Å². The molecule has 0 saturated heterocycles. The van der Waals surface area contributed by atoms with E-state index >= 15 is 0 Å². The lowest BCUT2D eigenvalue weighted by Gasteiger charge is -2.12. The zero-order chi connectivity index (χ0) is 9.30. The topological polar surface area (TPSA) is 84.5 Å². The molecule has 0 aromatic carbocycles. The summed E-state index contributed by atoms with van der Waals surface area (Å²) in [5, 5.41) is 2.04. The monoisotopic (exact) mass is 167 g/mol. The first-order chi connectivity index (χ1) is 5.52. The maximum atomic E-state index is 11.1. The van der Waals surface area contributed by atoms with Crippen molar-refractivity contribution in [3.63, 3.8) is 0 Å². The van der Waals surface area contributed by atoms with Gasteiger partial charge in [0, 0.05) is 0 Å². The SMILES string of the molecule is CC(C)=C1C(=O)NC(=O)N=C1N. The summed E-state index contributed by atoms with van der Waals surface area (Å²) in [6.07, 6.45) is 0. The van der Waals surface area contributed by atoms with Crippen LogP contribution in [0.1, 0.15) is 13.8 Å². The van der Waals surface area contributed by atoms with Crippen LogP contribution >= 0.6 is 0 Å². The van der Waals surface area contributed by atoms with Crippen molar-refractivity contribution >= 4 is 17.8 Å². The molecule has 0 aliphatic carbocycles. The van der Waals surface area contributed by atoms with Crippen LogP contribution in [-0.2, 0) is 4.79 Å².